The molecule has 208 valence electrons. The van der Waals surface area contributed by atoms with Crippen molar-refractivity contribution in [2.45, 2.75) is 26.2 Å². The van der Waals surface area contributed by atoms with Crippen molar-refractivity contribution in [1.29, 1.82) is 0 Å². The summed E-state index contributed by atoms with van der Waals surface area (Å²) in [5.41, 5.74) is 7.42. The van der Waals surface area contributed by atoms with Gasteiger partial charge in [0.05, 0.1) is 11.4 Å². The second kappa shape index (κ2) is 10.7. The predicted octanol–water partition coefficient (Wildman–Crippen LogP) is 8.57. The van der Waals surface area contributed by atoms with Crippen LogP contribution in [0.2, 0.25) is 0 Å². The fraction of sp³-hybridized carbons (Fsp3) is 0.108. The fourth-order valence-electron chi connectivity index (χ4n) is 5.35. The fourth-order valence-corrected chi connectivity index (χ4v) is 5.35. The molecule has 0 fully saturated rings. The van der Waals surface area contributed by atoms with Crippen molar-refractivity contribution in [3.05, 3.63) is 133 Å². The van der Waals surface area contributed by atoms with Crippen LogP contribution in [-0.4, -0.2) is 29.7 Å². The number of nitrogens with zero attached hydrogens (tertiary/aromatic N) is 6. The lowest BCUT2D eigenvalue weighted by Gasteiger charge is -2.19. The molecule has 4 heterocycles. The van der Waals surface area contributed by atoms with Gasteiger partial charge >= 0.3 is 0 Å². The molecule has 7 rings (SSSR count). The Hall–Kier alpha value is -5.49. The van der Waals surface area contributed by atoms with Crippen molar-refractivity contribution in [1.82, 2.24) is 29.7 Å². The van der Waals surface area contributed by atoms with Gasteiger partial charge in [0.15, 0.2) is 11.6 Å². The maximum Gasteiger partial charge on any atom is 0.187 e. The van der Waals surface area contributed by atoms with Gasteiger partial charge in [-0.15, -0.1) is 10.2 Å². The summed E-state index contributed by atoms with van der Waals surface area (Å²) in [5, 5.41) is 11.7. The third-order valence-electron chi connectivity index (χ3n) is 7.65. The molecule has 0 saturated heterocycles. The van der Waals surface area contributed by atoms with Crippen molar-refractivity contribution in [2.24, 2.45) is 0 Å². The third kappa shape index (κ3) is 5.08. The maximum atomic E-state index is 4.94. The molecule has 0 atom stereocenters. The molecule has 0 aliphatic carbocycles. The summed E-state index contributed by atoms with van der Waals surface area (Å²) >= 11 is 0. The number of pyridine rings is 3. The Morgan fingerprint density at radius 2 is 1.26 bits per heavy atom. The van der Waals surface area contributed by atoms with Crippen molar-refractivity contribution in [3.63, 3.8) is 0 Å². The van der Waals surface area contributed by atoms with Crippen molar-refractivity contribution >= 4 is 10.8 Å². The molecular weight excluding hydrogens is 528 g/mol. The zero-order chi connectivity index (χ0) is 29.4. The average Bonchev–Trinajstić information content (AvgIpc) is 3.50. The van der Waals surface area contributed by atoms with E-state index in [0.29, 0.717) is 17.3 Å². The Morgan fingerprint density at radius 3 is 2.00 bits per heavy atom. The normalized spacial score (nSPS) is 11.6. The lowest BCUT2D eigenvalue weighted by Crippen LogP contribution is -2.11. The van der Waals surface area contributed by atoms with E-state index >= 15 is 0 Å². The lowest BCUT2D eigenvalue weighted by molar-refractivity contribution is 0.590. The highest BCUT2D eigenvalue weighted by molar-refractivity contribution is 5.96. The van der Waals surface area contributed by atoms with Crippen LogP contribution in [0.5, 0.6) is 0 Å². The van der Waals surface area contributed by atoms with E-state index in [2.05, 4.69) is 109 Å². The third-order valence-corrected chi connectivity index (χ3v) is 7.65. The molecule has 3 aromatic carbocycles. The first kappa shape index (κ1) is 26.4. The van der Waals surface area contributed by atoms with E-state index in [0.717, 1.165) is 33.9 Å². The molecule has 0 unspecified atom stereocenters. The zero-order valence-corrected chi connectivity index (χ0v) is 24.3. The topological polar surface area (TPSA) is 69.4 Å². The molecule has 0 bridgehead atoms. The largest absolute Gasteiger partial charge is 0.272 e. The van der Waals surface area contributed by atoms with Gasteiger partial charge in [0, 0.05) is 23.6 Å². The van der Waals surface area contributed by atoms with E-state index in [1.165, 1.54) is 16.3 Å². The summed E-state index contributed by atoms with van der Waals surface area (Å²) in [6.07, 6.45) is 3.69. The second-order valence-electron chi connectivity index (χ2n) is 11.6. The van der Waals surface area contributed by atoms with Crippen LogP contribution in [0.25, 0.3) is 62.0 Å². The Balaban J connectivity index is 1.35. The van der Waals surface area contributed by atoms with Gasteiger partial charge < -0.3 is 0 Å². The molecule has 0 aliphatic rings. The smallest absolute Gasteiger partial charge is 0.187 e. The Morgan fingerprint density at radius 1 is 0.558 bits per heavy atom. The van der Waals surface area contributed by atoms with Gasteiger partial charge in [-0.25, -0.2) is 4.98 Å². The minimum absolute atomic E-state index is 0.0367. The molecule has 43 heavy (non-hydrogen) atoms. The summed E-state index contributed by atoms with van der Waals surface area (Å²) in [6.45, 7) is 6.64. The summed E-state index contributed by atoms with van der Waals surface area (Å²) in [6, 6.07) is 39.1. The number of rotatable bonds is 5. The monoisotopic (exact) mass is 558 g/mol. The minimum atomic E-state index is 0.0367. The molecular formula is C37H30N6. The van der Waals surface area contributed by atoms with Gasteiger partial charge in [-0.2, -0.15) is 0 Å². The average molecular weight is 559 g/mol. The number of hydrogen-bond donors (Lipinski definition) is 0. The highest BCUT2D eigenvalue weighted by Crippen LogP contribution is 2.32. The van der Waals surface area contributed by atoms with Crippen LogP contribution in [0.4, 0.5) is 0 Å². The van der Waals surface area contributed by atoms with Gasteiger partial charge in [-0.05, 0) is 69.8 Å². The highest BCUT2D eigenvalue weighted by Gasteiger charge is 2.21. The molecule has 0 spiro atoms. The van der Waals surface area contributed by atoms with E-state index in [9.17, 15) is 0 Å². The molecule has 0 aliphatic heterocycles. The van der Waals surface area contributed by atoms with Crippen LogP contribution >= 0.6 is 0 Å². The van der Waals surface area contributed by atoms with Crippen LogP contribution in [-0.2, 0) is 5.41 Å². The van der Waals surface area contributed by atoms with E-state index in [1.54, 1.807) is 6.20 Å². The first-order valence-corrected chi connectivity index (χ1v) is 14.4. The Kier molecular flexibility index (Phi) is 6.59. The van der Waals surface area contributed by atoms with Gasteiger partial charge in [-0.1, -0.05) is 93.6 Å². The van der Waals surface area contributed by atoms with Gasteiger partial charge in [0.1, 0.15) is 11.4 Å². The van der Waals surface area contributed by atoms with E-state index in [-0.39, 0.29) is 5.41 Å². The quantitative estimate of drug-likeness (QED) is 0.212. The predicted molar refractivity (Wildman–Crippen MR) is 173 cm³/mol. The molecule has 6 nitrogen and oxygen atoms in total. The van der Waals surface area contributed by atoms with Crippen molar-refractivity contribution in [2.75, 3.05) is 0 Å². The van der Waals surface area contributed by atoms with Crippen molar-refractivity contribution < 1.29 is 0 Å². The zero-order valence-electron chi connectivity index (χ0n) is 24.3. The molecule has 7 aromatic rings. The molecule has 0 radical (unpaired) electrons. The van der Waals surface area contributed by atoms with Crippen LogP contribution in [0.1, 0.15) is 26.3 Å². The van der Waals surface area contributed by atoms with Crippen LogP contribution in [0.15, 0.2) is 128 Å². The second-order valence-corrected chi connectivity index (χ2v) is 11.6. The van der Waals surface area contributed by atoms with E-state index in [4.69, 9.17) is 9.97 Å². The summed E-state index contributed by atoms with van der Waals surface area (Å²) < 4.78 is 2.04. The highest BCUT2D eigenvalue weighted by atomic mass is 15.3. The first-order valence-electron chi connectivity index (χ1n) is 14.4. The Labute approximate surface area is 250 Å². The van der Waals surface area contributed by atoms with E-state index in [1.807, 2.05) is 53.2 Å². The standard InChI is InChI=1S/C37H30N6/c1-37(2,3)27-18-20-28(21-19-27)43-35(41-42-36(43)34-16-9-15-32(40-34)31-14-6-7-23-38-31)33-22-17-26(24-39-33)30-13-8-11-25-10-4-5-12-29(25)30/h4-24H,1-3H3. The summed E-state index contributed by atoms with van der Waals surface area (Å²) in [5.74, 6) is 1.28. The number of aromatic nitrogens is 6. The number of hydrogen-bond acceptors (Lipinski definition) is 5. The van der Waals surface area contributed by atoms with Gasteiger partial charge in [0.25, 0.3) is 0 Å². The summed E-state index contributed by atoms with van der Waals surface area (Å²) in [7, 11) is 0. The van der Waals surface area contributed by atoms with E-state index < -0.39 is 0 Å². The number of fused-ring (bicyclic) bond motifs is 1. The van der Waals surface area contributed by atoms with Crippen LogP contribution < -0.4 is 0 Å². The minimum Gasteiger partial charge on any atom is -0.272 e. The molecule has 0 N–H and O–H groups in total. The Bertz CT molecular complexity index is 2030. The van der Waals surface area contributed by atoms with Gasteiger partial charge in [-0.3, -0.25) is 14.5 Å². The first-order chi connectivity index (χ1) is 21.0. The molecule has 0 amide bonds. The molecule has 6 heteroatoms. The van der Waals surface area contributed by atoms with Crippen LogP contribution in [0.3, 0.4) is 0 Å². The van der Waals surface area contributed by atoms with Crippen LogP contribution in [0, 0.1) is 0 Å². The SMILES string of the molecule is CC(C)(C)c1ccc(-n2c(-c3ccc(-c4cccc5ccccc45)cn3)nnc2-c2cccc(-c3ccccn3)n2)cc1. The molecule has 0 saturated carbocycles. The summed E-state index contributed by atoms with van der Waals surface area (Å²) in [4.78, 5) is 14.3. The molecule has 4 aromatic heterocycles. The number of benzene rings is 3. The van der Waals surface area contributed by atoms with Crippen molar-refractivity contribution in [3.8, 4) is 51.2 Å². The lowest BCUT2D eigenvalue weighted by atomic mass is 9.87. The van der Waals surface area contributed by atoms with Gasteiger partial charge in [0.2, 0.25) is 0 Å². The maximum absolute atomic E-state index is 4.94.